The molecule has 0 spiro atoms. The maximum Gasteiger partial charge on any atom is 0.268 e. The molecule has 7 heteroatoms. The first-order chi connectivity index (χ1) is 16.2. The number of benzene rings is 2. The highest BCUT2D eigenvalue weighted by Gasteiger charge is 2.39. The molecule has 0 fully saturated rings. The van der Waals surface area contributed by atoms with Crippen LogP contribution in [0, 0.1) is 0 Å². The number of H-pyrrole nitrogens is 1. The molecule has 2 amide bonds. The molecular formula is C26H22N2O4S. The van der Waals surface area contributed by atoms with Gasteiger partial charge in [-0.2, -0.15) is 0 Å². The predicted molar refractivity (Wildman–Crippen MR) is 129 cm³/mol. The number of hydrogen-bond acceptors (Lipinski definition) is 5. The number of thioether (sulfide) groups is 1. The number of amides is 2. The van der Waals surface area contributed by atoms with Crippen LogP contribution in [0.2, 0.25) is 0 Å². The first kappa shape index (κ1) is 21.2. The Morgan fingerprint density at radius 3 is 2.58 bits per heavy atom. The van der Waals surface area contributed by atoms with Crippen molar-refractivity contribution in [1.29, 1.82) is 0 Å². The number of rotatable bonds is 8. The summed E-state index contributed by atoms with van der Waals surface area (Å²) in [6.07, 6.45) is 4.12. The molecule has 0 atom stereocenters. The van der Waals surface area contributed by atoms with Crippen molar-refractivity contribution in [1.82, 2.24) is 9.88 Å². The van der Waals surface area contributed by atoms with Gasteiger partial charge >= 0.3 is 0 Å². The Morgan fingerprint density at radius 1 is 1.00 bits per heavy atom. The minimum atomic E-state index is -0.271. The van der Waals surface area contributed by atoms with Crippen LogP contribution < -0.4 is 4.74 Å². The third-order valence-corrected chi connectivity index (χ3v) is 6.82. The van der Waals surface area contributed by atoms with Crippen LogP contribution in [-0.4, -0.2) is 35.4 Å². The molecule has 166 valence electrons. The van der Waals surface area contributed by atoms with Gasteiger partial charge in [0.05, 0.1) is 29.6 Å². The molecule has 6 nitrogen and oxygen atoms in total. The van der Waals surface area contributed by atoms with Gasteiger partial charge in [-0.1, -0.05) is 30.3 Å². The number of aromatic amines is 1. The maximum absolute atomic E-state index is 13.4. The normalized spacial score (nSPS) is 14.0. The number of imide groups is 1. The Bertz CT molecular complexity index is 1340. The number of nitrogens with zero attached hydrogens (tertiary/aromatic N) is 1. The quantitative estimate of drug-likeness (QED) is 0.375. The smallest absolute Gasteiger partial charge is 0.268 e. The SMILES string of the molecule is COc1ccc(C2=C(SCc3ccco3)C(=O)N(CCc3c[nH]c4ccccc34)C2=O)cc1. The summed E-state index contributed by atoms with van der Waals surface area (Å²) in [4.78, 5) is 31.9. The van der Waals surface area contributed by atoms with Crippen molar-refractivity contribution in [3.63, 3.8) is 0 Å². The van der Waals surface area contributed by atoms with Crippen LogP contribution in [0.4, 0.5) is 0 Å². The second kappa shape index (κ2) is 9.03. The van der Waals surface area contributed by atoms with Crippen LogP contribution in [-0.2, 0) is 21.8 Å². The third-order valence-electron chi connectivity index (χ3n) is 5.72. The molecule has 4 aromatic rings. The molecule has 0 radical (unpaired) electrons. The van der Waals surface area contributed by atoms with E-state index in [4.69, 9.17) is 9.15 Å². The van der Waals surface area contributed by atoms with E-state index < -0.39 is 0 Å². The Morgan fingerprint density at radius 2 is 1.82 bits per heavy atom. The lowest BCUT2D eigenvalue weighted by Gasteiger charge is -2.15. The molecule has 0 unspecified atom stereocenters. The van der Waals surface area contributed by atoms with E-state index in [1.807, 2.05) is 54.7 Å². The molecule has 2 aromatic carbocycles. The molecule has 3 heterocycles. The van der Waals surface area contributed by atoms with E-state index in [1.165, 1.54) is 16.7 Å². The number of hydrogen-bond donors (Lipinski definition) is 1. The first-order valence-corrected chi connectivity index (χ1v) is 11.6. The molecule has 5 rings (SSSR count). The van der Waals surface area contributed by atoms with Crippen LogP contribution in [0.15, 0.2) is 82.4 Å². The number of fused-ring (bicyclic) bond motifs is 1. The van der Waals surface area contributed by atoms with Gasteiger partial charge in [-0.3, -0.25) is 14.5 Å². The number of para-hydroxylation sites is 1. The summed E-state index contributed by atoms with van der Waals surface area (Å²) >= 11 is 1.33. The number of aromatic nitrogens is 1. The van der Waals surface area contributed by atoms with Crippen molar-refractivity contribution in [3.05, 3.63) is 94.9 Å². The molecule has 0 bridgehead atoms. The monoisotopic (exact) mass is 458 g/mol. The van der Waals surface area contributed by atoms with Crippen molar-refractivity contribution < 1.29 is 18.7 Å². The van der Waals surface area contributed by atoms with Gasteiger partial charge in [-0.15, -0.1) is 11.8 Å². The van der Waals surface area contributed by atoms with Crippen LogP contribution in [0.3, 0.4) is 0 Å². The largest absolute Gasteiger partial charge is 0.497 e. The average molecular weight is 459 g/mol. The maximum atomic E-state index is 13.4. The zero-order valence-corrected chi connectivity index (χ0v) is 18.9. The van der Waals surface area contributed by atoms with Crippen molar-refractivity contribution in [2.45, 2.75) is 12.2 Å². The third kappa shape index (κ3) is 4.07. The molecule has 1 aliphatic rings. The summed E-state index contributed by atoms with van der Waals surface area (Å²) in [6.45, 7) is 0.310. The van der Waals surface area contributed by atoms with E-state index >= 15 is 0 Å². The van der Waals surface area contributed by atoms with Crippen LogP contribution in [0.5, 0.6) is 5.75 Å². The minimum Gasteiger partial charge on any atom is -0.497 e. The minimum absolute atomic E-state index is 0.262. The molecule has 1 aliphatic heterocycles. The highest BCUT2D eigenvalue weighted by Crippen LogP contribution is 2.38. The number of carbonyl (C=O) groups is 2. The molecule has 0 saturated heterocycles. The lowest BCUT2D eigenvalue weighted by molar-refractivity contribution is -0.136. The Balaban J connectivity index is 1.42. The van der Waals surface area contributed by atoms with Crippen LogP contribution in [0.1, 0.15) is 16.9 Å². The number of carbonyl (C=O) groups excluding carboxylic acids is 2. The fourth-order valence-electron chi connectivity index (χ4n) is 4.01. The highest BCUT2D eigenvalue weighted by molar-refractivity contribution is 8.03. The summed E-state index contributed by atoms with van der Waals surface area (Å²) < 4.78 is 10.7. The zero-order valence-electron chi connectivity index (χ0n) is 18.0. The van der Waals surface area contributed by atoms with E-state index in [-0.39, 0.29) is 11.8 Å². The summed E-state index contributed by atoms with van der Waals surface area (Å²) in [5.41, 5.74) is 3.25. The van der Waals surface area contributed by atoms with Gasteiger partial charge in [0.2, 0.25) is 0 Å². The van der Waals surface area contributed by atoms with Crippen molar-refractivity contribution >= 4 is 40.1 Å². The van der Waals surface area contributed by atoms with E-state index in [0.29, 0.717) is 40.5 Å². The van der Waals surface area contributed by atoms with Gasteiger partial charge in [-0.05, 0) is 47.9 Å². The van der Waals surface area contributed by atoms with Crippen molar-refractivity contribution in [2.24, 2.45) is 0 Å². The molecule has 2 aromatic heterocycles. The Hall–Kier alpha value is -3.71. The van der Waals surface area contributed by atoms with Gasteiger partial charge < -0.3 is 14.1 Å². The Labute approximate surface area is 195 Å². The van der Waals surface area contributed by atoms with Crippen LogP contribution in [0.25, 0.3) is 16.5 Å². The summed E-state index contributed by atoms with van der Waals surface area (Å²) in [7, 11) is 1.59. The lowest BCUT2D eigenvalue weighted by Crippen LogP contribution is -2.33. The van der Waals surface area contributed by atoms with Crippen molar-refractivity contribution in [2.75, 3.05) is 13.7 Å². The van der Waals surface area contributed by atoms with Crippen molar-refractivity contribution in [3.8, 4) is 5.75 Å². The number of ether oxygens (including phenoxy) is 1. The molecule has 1 N–H and O–H groups in total. The number of nitrogens with one attached hydrogen (secondary N) is 1. The molecule has 0 aliphatic carbocycles. The fourth-order valence-corrected chi connectivity index (χ4v) is 5.05. The van der Waals surface area contributed by atoms with Gasteiger partial charge in [0.15, 0.2) is 0 Å². The molecular weight excluding hydrogens is 436 g/mol. The second-order valence-electron chi connectivity index (χ2n) is 7.67. The number of furan rings is 1. The van der Waals surface area contributed by atoms with Gasteiger partial charge in [-0.25, -0.2) is 0 Å². The molecule has 33 heavy (non-hydrogen) atoms. The fraction of sp³-hybridized carbons (Fsp3) is 0.154. The second-order valence-corrected chi connectivity index (χ2v) is 8.66. The van der Waals surface area contributed by atoms with E-state index in [1.54, 1.807) is 25.5 Å². The first-order valence-electron chi connectivity index (χ1n) is 10.6. The van der Waals surface area contributed by atoms with Gasteiger partial charge in [0.25, 0.3) is 11.8 Å². The standard InChI is InChI=1S/C26H22N2O4S/c1-31-19-10-8-17(9-11-19)23-24(33-16-20-5-4-14-32-20)26(30)28(25(23)29)13-12-18-15-27-22-7-3-2-6-21(18)22/h2-11,14-15,27H,12-13,16H2,1H3. The highest BCUT2D eigenvalue weighted by atomic mass is 32.2. The summed E-state index contributed by atoms with van der Waals surface area (Å²) in [6, 6.07) is 18.9. The predicted octanol–water partition coefficient (Wildman–Crippen LogP) is 5.03. The summed E-state index contributed by atoms with van der Waals surface area (Å²) in [5, 5.41) is 1.10. The lowest BCUT2D eigenvalue weighted by atomic mass is 10.1. The van der Waals surface area contributed by atoms with E-state index in [0.717, 1.165) is 22.2 Å². The van der Waals surface area contributed by atoms with E-state index in [9.17, 15) is 9.59 Å². The molecule has 0 saturated carbocycles. The topological polar surface area (TPSA) is 75.5 Å². The van der Waals surface area contributed by atoms with Crippen LogP contribution >= 0.6 is 11.8 Å². The number of methoxy groups -OCH3 is 1. The van der Waals surface area contributed by atoms with Gasteiger partial charge in [0, 0.05) is 23.6 Å². The average Bonchev–Trinajstić information content (AvgIpc) is 3.56. The summed E-state index contributed by atoms with van der Waals surface area (Å²) in [5.74, 6) is 1.38. The Kier molecular flexibility index (Phi) is 5.79. The zero-order chi connectivity index (χ0) is 22.8. The van der Waals surface area contributed by atoms with Gasteiger partial charge in [0.1, 0.15) is 11.5 Å². The van der Waals surface area contributed by atoms with E-state index in [2.05, 4.69) is 4.98 Å².